The van der Waals surface area contributed by atoms with E-state index in [4.69, 9.17) is 9.47 Å². The third kappa shape index (κ3) is 3.87. The first-order chi connectivity index (χ1) is 12.8. The average Bonchev–Trinajstić information content (AvgIpc) is 3.21. The number of aliphatic hydroxyl groups is 1. The van der Waals surface area contributed by atoms with Crippen molar-refractivity contribution in [3.05, 3.63) is 0 Å². The summed E-state index contributed by atoms with van der Waals surface area (Å²) in [7, 11) is -4.09. The molecule has 2 aliphatic heterocycles. The van der Waals surface area contributed by atoms with Crippen molar-refractivity contribution in [2.45, 2.75) is 69.1 Å². The van der Waals surface area contributed by atoms with Gasteiger partial charge in [-0.3, -0.25) is 4.79 Å². The summed E-state index contributed by atoms with van der Waals surface area (Å²) in [6, 6.07) is -1.23. The number of fused-ring (bicyclic) bond motifs is 1. The Morgan fingerprint density at radius 3 is 2.78 bits per heavy atom. The number of carbonyl (C=O) groups is 1. The van der Waals surface area contributed by atoms with Crippen molar-refractivity contribution in [1.82, 2.24) is 9.03 Å². The number of rotatable bonds is 4. The van der Waals surface area contributed by atoms with Crippen LogP contribution in [0.25, 0.3) is 0 Å². The third-order valence-corrected chi connectivity index (χ3v) is 7.87. The van der Waals surface area contributed by atoms with Crippen LogP contribution in [0.15, 0.2) is 0 Å². The fourth-order valence-corrected chi connectivity index (χ4v) is 6.41. The third-order valence-electron chi connectivity index (χ3n) is 6.40. The molecule has 4 rings (SSSR count). The van der Waals surface area contributed by atoms with Gasteiger partial charge in [0.1, 0.15) is 6.17 Å². The number of aliphatic hydroxyl groups excluding tert-OH is 1. The molecule has 8 nitrogen and oxygen atoms in total. The zero-order chi connectivity index (χ0) is 19.2. The Labute approximate surface area is 158 Å². The van der Waals surface area contributed by atoms with Gasteiger partial charge in [-0.25, -0.2) is 9.11 Å². The molecule has 4 fully saturated rings. The first kappa shape index (κ1) is 19.5. The second kappa shape index (κ2) is 7.55. The summed E-state index contributed by atoms with van der Waals surface area (Å²) in [5.41, 5.74) is 0. The van der Waals surface area contributed by atoms with Crippen LogP contribution in [0.4, 0.5) is 4.39 Å². The van der Waals surface area contributed by atoms with E-state index < -0.39 is 41.0 Å². The summed E-state index contributed by atoms with van der Waals surface area (Å²) < 4.78 is 53.8. The molecule has 2 aliphatic carbocycles. The number of ether oxygens (including phenoxy) is 2. The lowest BCUT2D eigenvalue weighted by atomic mass is 9.66. The average molecular weight is 406 g/mol. The summed E-state index contributed by atoms with van der Waals surface area (Å²) in [5, 5.41) is 10.4. The van der Waals surface area contributed by atoms with Crippen LogP contribution in [0.1, 0.15) is 38.5 Å². The minimum absolute atomic E-state index is 0.00259. The van der Waals surface area contributed by atoms with Gasteiger partial charge in [-0.2, -0.15) is 12.7 Å². The molecule has 7 unspecified atom stereocenters. The number of hydrogen-bond donors (Lipinski definition) is 2. The van der Waals surface area contributed by atoms with E-state index in [2.05, 4.69) is 0 Å². The number of nitrogens with one attached hydrogen (secondary N) is 1. The predicted octanol–water partition coefficient (Wildman–Crippen LogP) is 0.115. The molecular weight excluding hydrogens is 379 g/mol. The van der Waals surface area contributed by atoms with Gasteiger partial charge in [0.05, 0.1) is 37.5 Å². The van der Waals surface area contributed by atoms with Crippen LogP contribution in [0.5, 0.6) is 0 Å². The molecule has 1 amide bonds. The quantitative estimate of drug-likeness (QED) is 0.687. The number of carbonyl (C=O) groups excluding carboxylic acids is 1. The van der Waals surface area contributed by atoms with Gasteiger partial charge in [0.15, 0.2) is 0 Å². The van der Waals surface area contributed by atoms with Gasteiger partial charge < -0.3 is 14.6 Å². The number of halogens is 1. The number of amides is 1. The van der Waals surface area contributed by atoms with E-state index in [1.165, 1.54) is 0 Å². The fourth-order valence-electron chi connectivity index (χ4n) is 5.07. The van der Waals surface area contributed by atoms with E-state index >= 15 is 4.39 Å². The normalized spacial score (nSPS) is 44.8. The van der Waals surface area contributed by atoms with Gasteiger partial charge >= 0.3 is 10.2 Å². The van der Waals surface area contributed by atoms with Gasteiger partial charge in [0, 0.05) is 6.61 Å². The molecule has 154 valence electrons. The van der Waals surface area contributed by atoms with Crippen molar-refractivity contribution in [2.75, 3.05) is 19.8 Å². The molecule has 10 heteroatoms. The molecule has 2 N–H and O–H groups in total. The topological polar surface area (TPSA) is 105 Å². The summed E-state index contributed by atoms with van der Waals surface area (Å²) in [5.74, 6) is -1.08. The molecule has 2 heterocycles. The zero-order valence-corrected chi connectivity index (χ0v) is 15.9. The highest BCUT2D eigenvalue weighted by molar-refractivity contribution is 7.88. The molecule has 4 aliphatic rings. The molecule has 0 radical (unpaired) electrons. The standard InChI is InChI=1S/C17H27FN2O6S/c18-16-13-7-11(26-9-12-2-1-5-25-12)4-3-10(13)6-14(21)17(16)20-8-15(22)19-27(20,23)24/h10-14,16-17,21H,1-9H2,(H,19,22). The smallest absolute Gasteiger partial charge is 0.304 e. The Morgan fingerprint density at radius 2 is 2.11 bits per heavy atom. The Morgan fingerprint density at radius 1 is 1.30 bits per heavy atom. The van der Waals surface area contributed by atoms with E-state index in [-0.39, 0.29) is 24.0 Å². The molecule has 0 aromatic carbocycles. The van der Waals surface area contributed by atoms with E-state index in [0.717, 1.165) is 36.6 Å². The van der Waals surface area contributed by atoms with Crippen LogP contribution in [0, 0.1) is 11.8 Å². The SMILES string of the molecule is O=C1CN(C2C(O)CC3CCC(OCC4CCCO4)CC3C2F)S(=O)(=O)N1. The summed E-state index contributed by atoms with van der Waals surface area (Å²) in [6.07, 6.45) is 1.78. The first-order valence-corrected chi connectivity index (χ1v) is 11.2. The van der Waals surface area contributed by atoms with Crippen molar-refractivity contribution < 1.29 is 32.2 Å². The van der Waals surface area contributed by atoms with Crippen LogP contribution < -0.4 is 4.72 Å². The molecule has 27 heavy (non-hydrogen) atoms. The van der Waals surface area contributed by atoms with E-state index in [0.29, 0.717) is 19.4 Å². The van der Waals surface area contributed by atoms with Crippen molar-refractivity contribution in [3.63, 3.8) is 0 Å². The lowest BCUT2D eigenvalue weighted by molar-refractivity contribution is -0.121. The van der Waals surface area contributed by atoms with Crippen LogP contribution in [0.2, 0.25) is 0 Å². The highest BCUT2D eigenvalue weighted by Crippen LogP contribution is 2.45. The Hall–Kier alpha value is -0.810. The van der Waals surface area contributed by atoms with Crippen LogP contribution in [0.3, 0.4) is 0 Å². The maximum absolute atomic E-state index is 15.4. The molecule has 0 aromatic rings. The fraction of sp³-hybridized carbons (Fsp3) is 0.941. The molecular formula is C17H27FN2O6S. The Bertz CT molecular complexity index is 670. The lowest BCUT2D eigenvalue weighted by Gasteiger charge is -2.47. The van der Waals surface area contributed by atoms with Crippen LogP contribution in [-0.2, 0) is 24.5 Å². The summed E-state index contributed by atoms with van der Waals surface area (Å²) in [6.45, 7) is 0.817. The van der Waals surface area contributed by atoms with E-state index in [1.807, 2.05) is 4.72 Å². The highest BCUT2D eigenvalue weighted by Gasteiger charge is 2.53. The number of alkyl halides is 1. The summed E-state index contributed by atoms with van der Waals surface area (Å²) >= 11 is 0. The van der Waals surface area contributed by atoms with Crippen LogP contribution in [-0.4, -0.2) is 74.0 Å². The second-order valence-electron chi connectivity index (χ2n) is 8.14. The monoisotopic (exact) mass is 406 g/mol. The maximum atomic E-state index is 15.4. The molecule has 7 atom stereocenters. The molecule has 2 saturated carbocycles. The van der Waals surface area contributed by atoms with Crippen molar-refractivity contribution >= 4 is 16.1 Å². The minimum Gasteiger partial charge on any atom is -0.391 e. The van der Waals surface area contributed by atoms with Gasteiger partial charge in [0.2, 0.25) is 5.91 Å². The van der Waals surface area contributed by atoms with Gasteiger partial charge in [0.25, 0.3) is 0 Å². The zero-order valence-electron chi connectivity index (χ0n) is 15.1. The molecule has 2 saturated heterocycles. The van der Waals surface area contributed by atoms with Crippen molar-refractivity contribution in [2.24, 2.45) is 11.8 Å². The molecule has 0 aromatic heterocycles. The van der Waals surface area contributed by atoms with Crippen LogP contribution >= 0.6 is 0 Å². The Kier molecular flexibility index (Phi) is 5.45. The van der Waals surface area contributed by atoms with Gasteiger partial charge in [-0.1, -0.05) is 0 Å². The second-order valence-corrected chi connectivity index (χ2v) is 9.76. The summed E-state index contributed by atoms with van der Waals surface area (Å²) in [4.78, 5) is 11.5. The van der Waals surface area contributed by atoms with E-state index in [9.17, 15) is 18.3 Å². The Balaban J connectivity index is 1.43. The predicted molar refractivity (Wildman–Crippen MR) is 92.6 cm³/mol. The van der Waals surface area contributed by atoms with Crippen molar-refractivity contribution in [1.29, 1.82) is 0 Å². The van der Waals surface area contributed by atoms with Gasteiger partial charge in [-0.05, 0) is 50.4 Å². The van der Waals surface area contributed by atoms with Crippen molar-refractivity contribution in [3.8, 4) is 0 Å². The first-order valence-electron chi connectivity index (χ1n) is 9.73. The number of nitrogens with zero attached hydrogens (tertiary/aromatic N) is 1. The minimum atomic E-state index is -4.09. The largest absolute Gasteiger partial charge is 0.391 e. The lowest BCUT2D eigenvalue weighted by Crippen LogP contribution is -2.59. The maximum Gasteiger partial charge on any atom is 0.304 e. The van der Waals surface area contributed by atoms with Gasteiger partial charge in [-0.15, -0.1) is 0 Å². The molecule has 0 bridgehead atoms. The molecule has 0 spiro atoms. The highest BCUT2D eigenvalue weighted by atomic mass is 32.2. The van der Waals surface area contributed by atoms with E-state index in [1.54, 1.807) is 0 Å². The number of hydrogen-bond acceptors (Lipinski definition) is 6.